The minimum Gasteiger partial charge on any atom is -0.485 e. The van der Waals surface area contributed by atoms with Crippen molar-refractivity contribution in [3.8, 4) is 5.75 Å². The van der Waals surface area contributed by atoms with Gasteiger partial charge in [-0.25, -0.2) is 4.39 Å². The Morgan fingerprint density at radius 3 is 3.06 bits per heavy atom. The molecule has 1 aromatic carbocycles. The highest BCUT2D eigenvalue weighted by molar-refractivity contribution is 5.46. The number of benzene rings is 1. The van der Waals surface area contributed by atoms with Crippen LogP contribution in [0.2, 0.25) is 0 Å². The van der Waals surface area contributed by atoms with Crippen LogP contribution in [0.4, 0.5) is 10.1 Å². The third kappa shape index (κ3) is 2.91. The molecule has 1 saturated heterocycles. The molecule has 0 aromatic heterocycles. The van der Waals surface area contributed by atoms with Crippen LogP contribution < -0.4 is 10.1 Å². The van der Waals surface area contributed by atoms with Gasteiger partial charge in [-0.05, 0) is 31.5 Å². The zero-order valence-corrected chi connectivity index (χ0v) is 9.19. The Morgan fingerprint density at radius 1 is 1.59 bits per heavy atom. The second-order valence-electron chi connectivity index (χ2n) is 3.97. The molecule has 92 valence electrons. The minimum absolute atomic E-state index is 0.116. The molecule has 0 aliphatic carbocycles. The highest BCUT2D eigenvalue weighted by Crippen LogP contribution is 2.27. The van der Waals surface area contributed by atoms with Crippen molar-refractivity contribution in [1.82, 2.24) is 5.32 Å². The Balaban J connectivity index is 2.06. The first kappa shape index (κ1) is 11.8. The van der Waals surface area contributed by atoms with Crippen molar-refractivity contribution in [2.75, 3.05) is 13.2 Å². The van der Waals surface area contributed by atoms with E-state index in [1.54, 1.807) is 0 Å². The largest absolute Gasteiger partial charge is 0.485 e. The van der Waals surface area contributed by atoms with Gasteiger partial charge >= 0.3 is 5.69 Å². The third-order valence-electron chi connectivity index (χ3n) is 2.72. The Kier molecular flexibility index (Phi) is 3.53. The average molecular weight is 240 g/mol. The van der Waals surface area contributed by atoms with Gasteiger partial charge in [-0.1, -0.05) is 0 Å². The van der Waals surface area contributed by atoms with Gasteiger partial charge in [0.15, 0.2) is 5.75 Å². The Morgan fingerprint density at radius 2 is 2.41 bits per heavy atom. The van der Waals surface area contributed by atoms with Crippen LogP contribution in [-0.4, -0.2) is 24.1 Å². The number of rotatable bonds is 4. The molecule has 2 rings (SSSR count). The van der Waals surface area contributed by atoms with Gasteiger partial charge in [0.2, 0.25) is 0 Å². The van der Waals surface area contributed by atoms with Gasteiger partial charge in [0, 0.05) is 6.04 Å². The molecule has 1 unspecified atom stereocenters. The van der Waals surface area contributed by atoms with E-state index in [9.17, 15) is 14.5 Å². The van der Waals surface area contributed by atoms with Gasteiger partial charge in [0.1, 0.15) is 12.4 Å². The Labute approximate surface area is 97.7 Å². The van der Waals surface area contributed by atoms with Gasteiger partial charge in [-0.15, -0.1) is 0 Å². The third-order valence-corrected chi connectivity index (χ3v) is 2.72. The van der Waals surface area contributed by atoms with Gasteiger partial charge in [-0.3, -0.25) is 10.1 Å². The molecule has 1 heterocycles. The first-order valence-corrected chi connectivity index (χ1v) is 5.47. The number of nitro groups is 1. The summed E-state index contributed by atoms with van der Waals surface area (Å²) in [5, 5.41) is 13.9. The Hall–Kier alpha value is -1.69. The maximum Gasteiger partial charge on any atom is 0.313 e. The summed E-state index contributed by atoms with van der Waals surface area (Å²) in [5.41, 5.74) is -0.331. The molecule has 1 atom stereocenters. The monoisotopic (exact) mass is 240 g/mol. The quantitative estimate of drug-likeness (QED) is 0.644. The lowest BCUT2D eigenvalue weighted by molar-refractivity contribution is -0.386. The SMILES string of the molecule is O=[N+]([O-])c1cc(F)ccc1OCC1CCCN1. The lowest BCUT2D eigenvalue weighted by Gasteiger charge is -2.11. The van der Waals surface area contributed by atoms with E-state index in [4.69, 9.17) is 4.74 Å². The molecule has 1 aliphatic heterocycles. The van der Waals surface area contributed by atoms with E-state index >= 15 is 0 Å². The minimum atomic E-state index is -0.638. The van der Waals surface area contributed by atoms with Crippen LogP contribution in [0.1, 0.15) is 12.8 Å². The zero-order valence-electron chi connectivity index (χ0n) is 9.19. The number of hydrogen-bond acceptors (Lipinski definition) is 4. The topological polar surface area (TPSA) is 64.4 Å². The predicted molar refractivity (Wildman–Crippen MR) is 59.6 cm³/mol. The first-order valence-electron chi connectivity index (χ1n) is 5.47. The molecule has 0 spiro atoms. The fraction of sp³-hybridized carbons (Fsp3) is 0.455. The molecule has 5 nitrogen and oxygen atoms in total. The van der Waals surface area contributed by atoms with Crippen LogP contribution in [0, 0.1) is 15.9 Å². The lowest BCUT2D eigenvalue weighted by Crippen LogP contribution is -2.28. The molecule has 1 aliphatic rings. The number of nitrogens with one attached hydrogen (secondary N) is 1. The van der Waals surface area contributed by atoms with Crippen LogP contribution in [0.25, 0.3) is 0 Å². The normalized spacial score (nSPS) is 19.2. The molecule has 0 radical (unpaired) electrons. The van der Waals surface area contributed by atoms with Gasteiger partial charge in [0.05, 0.1) is 11.0 Å². The molecule has 0 amide bonds. The number of hydrogen-bond donors (Lipinski definition) is 1. The van der Waals surface area contributed by atoms with Crippen molar-refractivity contribution < 1.29 is 14.1 Å². The van der Waals surface area contributed by atoms with Crippen molar-refractivity contribution in [3.05, 3.63) is 34.1 Å². The summed E-state index contributed by atoms with van der Waals surface area (Å²) in [6.45, 7) is 1.31. The van der Waals surface area contributed by atoms with Gasteiger partial charge in [-0.2, -0.15) is 0 Å². The molecule has 1 aromatic rings. The summed E-state index contributed by atoms with van der Waals surface area (Å²) in [7, 11) is 0. The first-order chi connectivity index (χ1) is 8.16. The van der Waals surface area contributed by atoms with Crippen LogP contribution >= 0.6 is 0 Å². The number of nitrogens with zero attached hydrogens (tertiary/aromatic N) is 1. The van der Waals surface area contributed by atoms with Crippen LogP contribution in [0.5, 0.6) is 5.75 Å². The van der Waals surface area contributed by atoms with Crippen LogP contribution in [-0.2, 0) is 0 Å². The van der Waals surface area contributed by atoms with Gasteiger partial charge < -0.3 is 10.1 Å². The smallest absolute Gasteiger partial charge is 0.313 e. The summed E-state index contributed by atoms with van der Waals surface area (Å²) in [6, 6.07) is 3.55. The van der Waals surface area contributed by atoms with E-state index in [-0.39, 0.29) is 17.5 Å². The molecular formula is C11H13FN2O3. The number of ether oxygens (including phenoxy) is 1. The van der Waals surface area contributed by atoms with E-state index in [1.165, 1.54) is 6.07 Å². The molecular weight excluding hydrogens is 227 g/mol. The maximum absolute atomic E-state index is 12.9. The molecule has 1 fully saturated rings. The van der Waals surface area contributed by atoms with E-state index in [1.807, 2.05) is 0 Å². The Bertz CT molecular complexity index is 419. The van der Waals surface area contributed by atoms with E-state index in [0.717, 1.165) is 31.5 Å². The van der Waals surface area contributed by atoms with Crippen LogP contribution in [0.15, 0.2) is 18.2 Å². The zero-order chi connectivity index (χ0) is 12.3. The fourth-order valence-electron chi connectivity index (χ4n) is 1.84. The summed E-state index contributed by atoms with van der Waals surface area (Å²) in [5.74, 6) is -0.520. The van der Waals surface area contributed by atoms with Crippen molar-refractivity contribution in [2.45, 2.75) is 18.9 Å². The molecule has 6 heteroatoms. The summed E-state index contributed by atoms with van der Waals surface area (Å²) in [6.07, 6.45) is 2.08. The molecule has 17 heavy (non-hydrogen) atoms. The van der Waals surface area contributed by atoms with Crippen molar-refractivity contribution >= 4 is 5.69 Å². The summed E-state index contributed by atoms with van der Waals surface area (Å²) < 4.78 is 18.2. The van der Waals surface area contributed by atoms with Crippen molar-refractivity contribution in [3.63, 3.8) is 0 Å². The van der Waals surface area contributed by atoms with Gasteiger partial charge in [0.25, 0.3) is 0 Å². The lowest BCUT2D eigenvalue weighted by atomic mass is 10.2. The summed E-state index contributed by atoms with van der Waals surface area (Å²) >= 11 is 0. The van der Waals surface area contributed by atoms with Crippen molar-refractivity contribution in [2.24, 2.45) is 0 Å². The van der Waals surface area contributed by atoms with Crippen molar-refractivity contribution in [1.29, 1.82) is 0 Å². The summed E-state index contributed by atoms with van der Waals surface area (Å²) in [4.78, 5) is 10.1. The van der Waals surface area contributed by atoms with E-state index in [0.29, 0.717) is 6.61 Å². The number of nitro benzene ring substituents is 1. The predicted octanol–water partition coefficient (Wildman–Crippen LogP) is 1.86. The fourth-order valence-corrected chi connectivity index (χ4v) is 1.84. The second kappa shape index (κ2) is 5.09. The molecule has 1 N–H and O–H groups in total. The highest BCUT2D eigenvalue weighted by atomic mass is 19.1. The van der Waals surface area contributed by atoms with Crippen LogP contribution in [0.3, 0.4) is 0 Å². The molecule has 0 saturated carbocycles. The highest BCUT2D eigenvalue weighted by Gasteiger charge is 2.19. The average Bonchev–Trinajstić information content (AvgIpc) is 2.80. The standard InChI is InChI=1S/C11H13FN2O3/c12-8-3-4-11(10(6-8)14(15)16)17-7-9-2-1-5-13-9/h3-4,6,9,13H,1-2,5,7H2. The second-order valence-corrected chi connectivity index (χ2v) is 3.97. The maximum atomic E-state index is 12.9. The molecule has 0 bridgehead atoms. The number of halogens is 1. The van der Waals surface area contributed by atoms with E-state index in [2.05, 4.69) is 5.32 Å². The van der Waals surface area contributed by atoms with E-state index < -0.39 is 10.7 Å².